The van der Waals surface area contributed by atoms with Crippen LogP contribution < -0.4 is 4.74 Å². The normalized spacial score (nSPS) is 17.5. The molecule has 1 fully saturated rings. The van der Waals surface area contributed by atoms with Crippen molar-refractivity contribution in [3.63, 3.8) is 0 Å². The molecule has 1 aromatic rings. The van der Waals surface area contributed by atoms with Gasteiger partial charge in [-0.3, -0.25) is 0 Å². The zero-order valence-electron chi connectivity index (χ0n) is 9.15. The second-order valence-corrected chi connectivity index (χ2v) is 4.33. The monoisotopic (exact) mass is 206 g/mol. The van der Waals surface area contributed by atoms with E-state index < -0.39 is 6.10 Å². The molecule has 15 heavy (non-hydrogen) atoms. The molecule has 1 saturated carbocycles. The molecule has 0 aromatic heterocycles. The molecule has 0 spiro atoms. The Hall–Kier alpha value is -1.02. The number of hydrogen-bond acceptors (Lipinski definition) is 2. The molecule has 0 saturated heterocycles. The van der Waals surface area contributed by atoms with Crippen LogP contribution in [0, 0.1) is 5.92 Å². The van der Waals surface area contributed by atoms with E-state index in [0.717, 1.165) is 23.8 Å². The second kappa shape index (κ2) is 4.67. The molecule has 0 heterocycles. The van der Waals surface area contributed by atoms with Crippen molar-refractivity contribution < 1.29 is 9.84 Å². The van der Waals surface area contributed by atoms with Crippen LogP contribution in [0.2, 0.25) is 0 Å². The number of benzene rings is 1. The zero-order valence-corrected chi connectivity index (χ0v) is 9.15. The van der Waals surface area contributed by atoms with Crippen molar-refractivity contribution in [1.82, 2.24) is 0 Å². The van der Waals surface area contributed by atoms with E-state index in [-0.39, 0.29) is 0 Å². The van der Waals surface area contributed by atoms with Crippen molar-refractivity contribution in [2.75, 3.05) is 6.61 Å². The SMILES string of the molecule is C[C@H](O)c1ccc(OCCC2CC2)cc1. The highest BCUT2D eigenvalue weighted by Gasteiger charge is 2.20. The predicted octanol–water partition coefficient (Wildman–Crippen LogP) is 2.92. The fourth-order valence-corrected chi connectivity index (χ4v) is 1.59. The van der Waals surface area contributed by atoms with Crippen LogP contribution >= 0.6 is 0 Å². The van der Waals surface area contributed by atoms with E-state index in [1.165, 1.54) is 19.3 Å². The van der Waals surface area contributed by atoms with Gasteiger partial charge in [0.05, 0.1) is 12.7 Å². The summed E-state index contributed by atoms with van der Waals surface area (Å²) in [5.41, 5.74) is 0.935. The molecule has 1 aromatic carbocycles. The molecule has 0 aliphatic heterocycles. The molecule has 1 aliphatic rings. The smallest absolute Gasteiger partial charge is 0.119 e. The standard InChI is InChI=1S/C13H18O2/c1-10(14)12-4-6-13(7-5-12)15-9-8-11-2-3-11/h4-7,10-11,14H,2-3,8-9H2,1H3/t10-/m0/s1. The Morgan fingerprint density at radius 1 is 1.33 bits per heavy atom. The van der Waals surface area contributed by atoms with Crippen molar-refractivity contribution in [3.8, 4) is 5.75 Å². The third kappa shape index (κ3) is 3.24. The van der Waals surface area contributed by atoms with Crippen LogP contribution in [0.15, 0.2) is 24.3 Å². The molecular formula is C13H18O2. The fourth-order valence-electron chi connectivity index (χ4n) is 1.59. The van der Waals surface area contributed by atoms with Crippen LogP contribution in [-0.2, 0) is 0 Å². The average Bonchev–Trinajstić information content (AvgIpc) is 3.02. The first-order valence-electron chi connectivity index (χ1n) is 5.66. The number of hydrogen-bond donors (Lipinski definition) is 1. The predicted molar refractivity (Wildman–Crippen MR) is 59.9 cm³/mol. The minimum Gasteiger partial charge on any atom is -0.494 e. The summed E-state index contributed by atoms with van der Waals surface area (Å²) in [5.74, 6) is 1.82. The summed E-state index contributed by atoms with van der Waals surface area (Å²) in [7, 11) is 0. The summed E-state index contributed by atoms with van der Waals surface area (Å²) in [6, 6.07) is 7.68. The lowest BCUT2D eigenvalue weighted by Gasteiger charge is -2.08. The average molecular weight is 206 g/mol. The van der Waals surface area contributed by atoms with Crippen LogP contribution in [0.25, 0.3) is 0 Å². The van der Waals surface area contributed by atoms with Crippen LogP contribution in [0.4, 0.5) is 0 Å². The van der Waals surface area contributed by atoms with E-state index in [0.29, 0.717) is 0 Å². The minimum atomic E-state index is -0.398. The molecule has 0 amide bonds. The first-order chi connectivity index (χ1) is 7.25. The lowest BCUT2D eigenvalue weighted by atomic mass is 10.1. The van der Waals surface area contributed by atoms with Crippen molar-refractivity contribution in [3.05, 3.63) is 29.8 Å². The summed E-state index contributed by atoms with van der Waals surface area (Å²) in [6.07, 6.45) is 3.54. The van der Waals surface area contributed by atoms with Gasteiger partial charge >= 0.3 is 0 Å². The van der Waals surface area contributed by atoms with E-state index in [1.54, 1.807) is 6.92 Å². The highest BCUT2D eigenvalue weighted by molar-refractivity contribution is 5.28. The lowest BCUT2D eigenvalue weighted by molar-refractivity contribution is 0.199. The quantitative estimate of drug-likeness (QED) is 0.802. The van der Waals surface area contributed by atoms with E-state index in [2.05, 4.69) is 0 Å². The highest BCUT2D eigenvalue weighted by atomic mass is 16.5. The van der Waals surface area contributed by atoms with E-state index in [4.69, 9.17) is 4.74 Å². The van der Waals surface area contributed by atoms with Gasteiger partial charge in [-0.25, -0.2) is 0 Å². The number of aliphatic hydroxyl groups excluding tert-OH is 1. The van der Waals surface area contributed by atoms with Gasteiger partial charge in [0.15, 0.2) is 0 Å². The van der Waals surface area contributed by atoms with Crippen LogP contribution in [0.3, 0.4) is 0 Å². The fraction of sp³-hybridized carbons (Fsp3) is 0.538. The van der Waals surface area contributed by atoms with Gasteiger partial charge in [0.2, 0.25) is 0 Å². The van der Waals surface area contributed by atoms with Crippen LogP contribution in [0.1, 0.15) is 37.9 Å². The van der Waals surface area contributed by atoms with Gasteiger partial charge in [-0.2, -0.15) is 0 Å². The molecule has 2 heteroatoms. The van der Waals surface area contributed by atoms with Gasteiger partial charge in [0.25, 0.3) is 0 Å². The first kappa shape index (κ1) is 10.5. The van der Waals surface area contributed by atoms with Crippen LogP contribution in [-0.4, -0.2) is 11.7 Å². The number of ether oxygens (including phenoxy) is 1. The summed E-state index contributed by atoms with van der Waals surface area (Å²) >= 11 is 0. The Bertz CT molecular complexity index is 299. The second-order valence-electron chi connectivity index (χ2n) is 4.33. The Labute approximate surface area is 90.9 Å². The summed E-state index contributed by atoms with van der Waals surface area (Å²) < 4.78 is 5.61. The third-order valence-electron chi connectivity index (χ3n) is 2.85. The Kier molecular flexibility index (Phi) is 3.27. The van der Waals surface area contributed by atoms with E-state index in [1.807, 2.05) is 24.3 Å². The minimum absolute atomic E-state index is 0.398. The van der Waals surface area contributed by atoms with Gasteiger partial charge < -0.3 is 9.84 Å². The molecule has 2 rings (SSSR count). The lowest BCUT2D eigenvalue weighted by Crippen LogP contribution is -1.98. The van der Waals surface area contributed by atoms with Crippen molar-refractivity contribution in [1.29, 1.82) is 0 Å². The zero-order chi connectivity index (χ0) is 10.7. The molecule has 1 aliphatic carbocycles. The molecule has 82 valence electrons. The van der Waals surface area contributed by atoms with Crippen LogP contribution in [0.5, 0.6) is 5.75 Å². The maximum absolute atomic E-state index is 9.33. The maximum atomic E-state index is 9.33. The van der Waals surface area contributed by atoms with Gasteiger partial charge in [0.1, 0.15) is 5.75 Å². The van der Waals surface area contributed by atoms with E-state index >= 15 is 0 Å². The number of aliphatic hydroxyl groups is 1. The van der Waals surface area contributed by atoms with E-state index in [9.17, 15) is 5.11 Å². The molecular weight excluding hydrogens is 188 g/mol. The third-order valence-corrected chi connectivity index (χ3v) is 2.85. The maximum Gasteiger partial charge on any atom is 0.119 e. The summed E-state index contributed by atoms with van der Waals surface area (Å²) in [6.45, 7) is 2.58. The Morgan fingerprint density at radius 3 is 2.53 bits per heavy atom. The first-order valence-corrected chi connectivity index (χ1v) is 5.66. The molecule has 0 unspecified atom stereocenters. The van der Waals surface area contributed by atoms with Gasteiger partial charge in [-0.05, 0) is 37.0 Å². The number of rotatable bonds is 5. The topological polar surface area (TPSA) is 29.5 Å². The summed E-state index contributed by atoms with van der Waals surface area (Å²) in [4.78, 5) is 0. The van der Waals surface area contributed by atoms with Gasteiger partial charge in [0, 0.05) is 0 Å². The molecule has 0 bridgehead atoms. The van der Waals surface area contributed by atoms with Gasteiger partial charge in [-0.1, -0.05) is 25.0 Å². The largest absolute Gasteiger partial charge is 0.494 e. The molecule has 1 atom stereocenters. The van der Waals surface area contributed by atoms with Gasteiger partial charge in [-0.15, -0.1) is 0 Å². The molecule has 0 radical (unpaired) electrons. The summed E-state index contributed by atoms with van der Waals surface area (Å²) in [5, 5.41) is 9.33. The van der Waals surface area contributed by atoms with Crippen molar-refractivity contribution in [2.45, 2.75) is 32.3 Å². The Morgan fingerprint density at radius 2 is 2.00 bits per heavy atom. The molecule has 1 N–H and O–H groups in total. The Balaban J connectivity index is 1.80. The highest BCUT2D eigenvalue weighted by Crippen LogP contribution is 2.32. The molecule has 2 nitrogen and oxygen atoms in total. The van der Waals surface area contributed by atoms with Crippen molar-refractivity contribution >= 4 is 0 Å². The van der Waals surface area contributed by atoms with Crippen molar-refractivity contribution in [2.24, 2.45) is 5.92 Å².